The number of amides is 1. The Kier molecular flexibility index (Phi) is 7.87. The first-order valence-corrected chi connectivity index (χ1v) is 11.1. The summed E-state index contributed by atoms with van der Waals surface area (Å²) in [7, 11) is 2.95. The summed E-state index contributed by atoms with van der Waals surface area (Å²) in [5, 5.41) is 5.18. The minimum Gasteiger partial charge on any atom is -0.496 e. The van der Waals surface area contributed by atoms with Gasteiger partial charge in [0.2, 0.25) is 0 Å². The van der Waals surface area contributed by atoms with E-state index in [-0.39, 0.29) is 5.91 Å². The first-order chi connectivity index (χ1) is 15.5. The molecular weight excluding hydrogens is 402 g/mol. The standard InChI is InChI=1S/C27H31NO4/c1-5-18(6-2)17-28-26(29)22-12-10-19-8-7-9-20(24(19)15-22)14-21-11-13-23(27(30)32-4)16-25(21)31-3/h7-13,15-16,18H,5-6,14,17H2,1-4H3,(H,28,29). The summed E-state index contributed by atoms with van der Waals surface area (Å²) < 4.78 is 10.3. The SMILES string of the molecule is CCC(CC)CNC(=O)c1ccc2cccc(Cc3ccc(C(=O)OC)cc3OC)c2c1. The lowest BCUT2D eigenvalue weighted by Crippen LogP contribution is -2.28. The molecule has 0 aliphatic carbocycles. The lowest BCUT2D eigenvalue weighted by Gasteiger charge is -2.14. The van der Waals surface area contributed by atoms with E-state index in [0.717, 1.165) is 34.7 Å². The molecule has 0 bridgehead atoms. The maximum Gasteiger partial charge on any atom is 0.337 e. The molecule has 0 unspecified atom stereocenters. The minimum absolute atomic E-state index is 0.0476. The van der Waals surface area contributed by atoms with Crippen LogP contribution in [0.4, 0.5) is 0 Å². The van der Waals surface area contributed by atoms with E-state index in [2.05, 4.69) is 25.2 Å². The predicted octanol–water partition coefficient (Wildman–Crippen LogP) is 5.39. The molecular formula is C27H31NO4. The number of hydrogen-bond acceptors (Lipinski definition) is 4. The van der Waals surface area contributed by atoms with Crippen molar-refractivity contribution in [2.45, 2.75) is 33.1 Å². The van der Waals surface area contributed by atoms with Gasteiger partial charge in [-0.25, -0.2) is 4.79 Å². The Morgan fingerprint density at radius 3 is 2.34 bits per heavy atom. The molecule has 3 rings (SSSR count). The van der Waals surface area contributed by atoms with Crippen LogP contribution in [0.5, 0.6) is 5.75 Å². The summed E-state index contributed by atoms with van der Waals surface area (Å²) in [6, 6.07) is 17.3. The predicted molar refractivity (Wildman–Crippen MR) is 127 cm³/mol. The van der Waals surface area contributed by atoms with Gasteiger partial charge in [0.15, 0.2) is 0 Å². The number of rotatable bonds is 9. The van der Waals surface area contributed by atoms with E-state index >= 15 is 0 Å². The van der Waals surface area contributed by atoms with Gasteiger partial charge in [0.1, 0.15) is 5.75 Å². The molecule has 3 aromatic rings. The van der Waals surface area contributed by atoms with E-state index < -0.39 is 5.97 Å². The van der Waals surface area contributed by atoms with Crippen molar-refractivity contribution in [1.82, 2.24) is 5.32 Å². The van der Waals surface area contributed by atoms with Crippen molar-refractivity contribution < 1.29 is 19.1 Å². The summed E-state index contributed by atoms with van der Waals surface area (Å²) in [6.07, 6.45) is 2.71. The van der Waals surface area contributed by atoms with Crippen molar-refractivity contribution in [3.63, 3.8) is 0 Å². The van der Waals surface area contributed by atoms with Gasteiger partial charge in [-0.1, -0.05) is 57.0 Å². The van der Waals surface area contributed by atoms with Crippen LogP contribution in [0, 0.1) is 5.92 Å². The van der Waals surface area contributed by atoms with Crippen LogP contribution in [0.1, 0.15) is 58.5 Å². The Balaban J connectivity index is 1.90. The molecule has 0 saturated carbocycles. The lowest BCUT2D eigenvalue weighted by atomic mass is 9.95. The molecule has 0 radical (unpaired) electrons. The fourth-order valence-electron chi connectivity index (χ4n) is 3.89. The highest BCUT2D eigenvalue weighted by atomic mass is 16.5. The maximum atomic E-state index is 12.7. The molecule has 0 atom stereocenters. The smallest absolute Gasteiger partial charge is 0.337 e. The Bertz CT molecular complexity index is 1100. The van der Waals surface area contributed by atoms with Crippen molar-refractivity contribution in [3.8, 4) is 5.75 Å². The van der Waals surface area contributed by atoms with Gasteiger partial charge in [0.25, 0.3) is 5.91 Å². The van der Waals surface area contributed by atoms with Crippen LogP contribution >= 0.6 is 0 Å². The topological polar surface area (TPSA) is 64.6 Å². The second kappa shape index (κ2) is 10.8. The normalized spacial score (nSPS) is 10.9. The number of ether oxygens (including phenoxy) is 2. The fraction of sp³-hybridized carbons (Fsp3) is 0.333. The number of methoxy groups -OCH3 is 2. The van der Waals surface area contributed by atoms with E-state index in [4.69, 9.17) is 9.47 Å². The third-order valence-corrected chi connectivity index (χ3v) is 6.03. The number of hydrogen-bond donors (Lipinski definition) is 1. The zero-order chi connectivity index (χ0) is 23.1. The van der Waals surface area contributed by atoms with Crippen molar-refractivity contribution in [2.24, 2.45) is 5.92 Å². The van der Waals surface area contributed by atoms with Gasteiger partial charge in [0, 0.05) is 18.5 Å². The van der Waals surface area contributed by atoms with Gasteiger partial charge in [-0.05, 0) is 52.1 Å². The van der Waals surface area contributed by atoms with Crippen LogP contribution in [0.3, 0.4) is 0 Å². The summed E-state index contributed by atoms with van der Waals surface area (Å²) in [6.45, 7) is 4.98. The molecule has 0 aliphatic heterocycles. The number of fused-ring (bicyclic) bond motifs is 1. The van der Waals surface area contributed by atoms with Crippen LogP contribution < -0.4 is 10.1 Å². The lowest BCUT2D eigenvalue weighted by molar-refractivity contribution is 0.0600. The van der Waals surface area contributed by atoms with Gasteiger partial charge in [-0.3, -0.25) is 4.79 Å². The average molecular weight is 434 g/mol. The molecule has 5 heteroatoms. The summed E-state index contributed by atoms with van der Waals surface area (Å²) in [5.41, 5.74) is 3.14. The van der Waals surface area contributed by atoms with Crippen molar-refractivity contribution in [1.29, 1.82) is 0 Å². The van der Waals surface area contributed by atoms with Gasteiger partial charge < -0.3 is 14.8 Å². The quantitative estimate of drug-likeness (QED) is 0.460. The highest BCUT2D eigenvalue weighted by Gasteiger charge is 2.14. The summed E-state index contributed by atoms with van der Waals surface area (Å²) >= 11 is 0. The van der Waals surface area contributed by atoms with E-state index in [1.807, 2.05) is 36.4 Å². The number of nitrogens with one attached hydrogen (secondary N) is 1. The van der Waals surface area contributed by atoms with Gasteiger partial charge in [-0.2, -0.15) is 0 Å². The first kappa shape index (κ1) is 23.3. The minimum atomic E-state index is -0.399. The maximum absolute atomic E-state index is 12.7. The van der Waals surface area contributed by atoms with Gasteiger partial charge in [0.05, 0.1) is 19.8 Å². The molecule has 0 spiro atoms. The highest BCUT2D eigenvalue weighted by Crippen LogP contribution is 2.28. The molecule has 3 aromatic carbocycles. The molecule has 32 heavy (non-hydrogen) atoms. The first-order valence-electron chi connectivity index (χ1n) is 11.1. The Labute approximate surface area is 189 Å². The molecule has 0 aromatic heterocycles. The second-order valence-electron chi connectivity index (χ2n) is 7.94. The monoisotopic (exact) mass is 433 g/mol. The highest BCUT2D eigenvalue weighted by molar-refractivity contribution is 5.99. The number of carbonyl (C=O) groups is 2. The van der Waals surface area contributed by atoms with Crippen LogP contribution in [0.25, 0.3) is 10.8 Å². The van der Waals surface area contributed by atoms with Crippen LogP contribution in [0.15, 0.2) is 54.6 Å². The molecule has 5 nitrogen and oxygen atoms in total. The number of carbonyl (C=O) groups excluding carboxylic acids is 2. The Hall–Kier alpha value is -3.34. The largest absolute Gasteiger partial charge is 0.496 e. The summed E-state index contributed by atoms with van der Waals surface area (Å²) in [5.74, 6) is 0.678. The van der Waals surface area contributed by atoms with E-state index in [0.29, 0.717) is 35.8 Å². The van der Waals surface area contributed by atoms with E-state index in [9.17, 15) is 9.59 Å². The number of benzene rings is 3. The van der Waals surface area contributed by atoms with Crippen LogP contribution in [0.2, 0.25) is 0 Å². The van der Waals surface area contributed by atoms with E-state index in [1.54, 1.807) is 19.2 Å². The third kappa shape index (κ3) is 5.28. The van der Waals surface area contributed by atoms with Crippen molar-refractivity contribution in [3.05, 3.63) is 76.9 Å². The average Bonchev–Trinajstić information content (AvgIpc) is 2.84. The molecule has 168 valence electrons. The fourth-order valence-corrected chi connectivity index (χ4v) is 3.89. The van der Waals surface area contributed by atoms with E-state index in [1.165, 1.54) is 7.11 Å². The molecule has 0 aliphatic rings. The molecule has 0 fully saturated rings. The third-order valence-electron chi connectivity index (χ3n) is 6.03. The van der Waals surface area contributed by atoms with Crippen LogP contribution in [-0.2, 0) is 11.2 Å². The molecule has 1 amide bonds. The van der Waals surface area contributed by atoms with Gasteiger partial charge >= 0.3 is 5.97 Å². The van der Waals surface area contributed by atoms with Gasteiger partial charge in [-0.15, -0.1) is 0 Å². The zero-order valence-electron chi connectivity index (χ0n) is 19.2. The van der Waals surface area contributed by atoms with Crippen LogP contribution in [-0.4, -0.2) is 32.6 Å². The second-order valence-corrected chi connectivity index (χ2v) is 7.94. The van der Waals surface area contributed by atoms with Crippen molar-refractivity contribution >= 4 is 22.6 Å². The molecule has 0 heterocycles. The van der Waals surface area contributed by atoms with Crippen molar-refractivity contribution in [2.75, 3.05) is 20.8 Å². The Morgan fingerprint density at radius 1 is 0.906 bits per heavy atom. The molecule has 1 N–H and O–H groups in total. The molecule has 0 saturated heterocycles. The zero-order valence-corrected chi connectivity index (χ0v) is 19.2. The number of esters is 1. The Morgan fingerprint density at radius 2 is 1.66 bits per heavy atom. The summed E-state index contributed by atoms with van der Waals surface area (Å²) in [4.78, 5) is 24.6.